The van der Waals surface area contributed by atoms with Crippen molar-refractivity contribution < 1.29 is 127 Å². The summed E-state index contributed by atoms with van der Waals surface area (Å²) in [7, 11) is 0. The van der Waals surface area contributed by atoms with Gasteiger partial charge in [-0.2, -0.15) is 0 Å². The van der Waals surface area contributed by atoms with Crippen molar-refractivity contribution in [2.45, 2.75) is 81.1 Å². The van der Waals surface area contributed by atoms with Crippen molar-refractivity contribution in [2.24, 2.45) is 0 Å². The van der Waals surface area contributed by atoms with Crippen molar-refractivity contribution in [1.82, 2.24) is 0 Å². The lowest BCUT2D eigenvalue weighted by Gasteiger charge is -2.07. The van der Waals surface area contributed by atoms with Crippen molar-refractivity contribution in [1.29, 1.82) is 0 Å². The van der Waals surface area contributed by atoms with Crippen LogP contribution < -0.4 is 40.2 Å². The zero-order valence-electron chi connectivity index (χ0n) is 75.3. The van der Waals surface area contributed by atoms with Crippen LogP contribution in [0, 0.1) is 116 Å². The van der Waals surface area contributed by atoms with Gasteiger partial charge in [0, 0.05) is 47.2 Å². The molecular weight excluding hydrogens is 1750 g/mol. The lowest BCUT2D eigenvalue weighted by Crippen LogP contribution is -2.17. The number of carboxylic acids is 6. The Bertz CT molecular complexity index is 5990. The number of nitrogens with one attached hydrogen (secondary N) is 4. The Hall–Kier alpha value is -18.8. The number of anilines is 4. The normalized spacial score (nSPS) is 9.37. The molecule has 0 fully saturated rings. The minimum absolute atomic E-state index is 0.0320. The monoisotopic (exact) mass is 1840 g/mol. The summed E-state index contributed by atoms with van der Waals surface area (Å²) in [5, 5.41) is 80.2. The predicted octanol–water partition coefficient (Wildman–Crippen LogP) is 17.0. The molecule has 30 heteroatoms. The fraction of sp³-hybridized carbons (Fsp3) is 0.151. The lowest BCUT2D eigenvalue weighted by molar-refractivity contribution is -0.141. The van der Waals surface area contributed by atoms with E-state index in [2.05, 4.69) is 56.8 Å². The van der Waals surface area contributed by atoms with Gasteiger partial charge in [-0.25, -0.2) is 19.2 Å². The van der Waals surface area contributed by atoms with Crippen LogP contribution in [0.5, 0.6) is 34.5 Å². The van der Waals surface area contributed by atoms with Gasteiger partial charge in [0.15, 0.2) is 0 Å². The molecule has 136 heavy (non-hydrogen) atoms. The first-order valence-corrected chi connectivity index (χ1v) is 40.1. The topological polar surface area (TPSA) is 486 Å². The summed E-state index contributed by atoms with van der Waals surface area (Å²) < 4.78 is 21.3. The summed E-state index contributed by atoms with van der Waals surface area (Å²) >= 11 is 0. The fourth-order valence-electron chi connectivity index (χ4n) is 9.97. The molecule has 0 saturated heterocycles. The fourth-order valence-corrected chi connectivity index (χ4v) is 9.97. The number of aromatic hydroxyl groups is 2. The zero-order valence-corrected chi connectivity index (χ0v) is 75.3. The predicted molar refractivity (Wildman–Crippen MR) is 518 cm³/mol. The highest BCUT2D eigenvalue weighted by molar-refractivity contribution is 6.09. The van der Waals surface area contributed by atoms with Crippen LogP contribution in [0.25, 0.3) is 12.2 Å². The molecule has 4 amide bonds. The maximum Gasteiger partial charge on any atom is 0.337 e. The van der Waals surface area contributed by atoms with E-state index >= 15 is 0 Å². The van der Waals surface area contributed by atoms with Crippen molar-refractivity contribution in [3.63, 3.8) is 0 Å². The molecule has 700 valence electrons. The Kier molecular flexibility index (Phi) is 55.7. The number of hydrogen-bond acceptors (Lipinski definition) is 20. The molecule has 10 rings (SSSR count). The minimum Gasteiger partial charge on any atom is -0.508 e. The number of aldehydes is 4. The number of hydrogen-bond donors (Lipinski definition) is 12. The summed E-state index contributed by atoms with van der Waals surface area (Å²) in [5.41, 5.74) is 9.71. The molecule has 0 bridgehead atoms. The summed E-state index contributed by atoms with van der Waals surface area (Å²) in [6, 6.07) is 54.9. The van der Waals surface area contributed by atoms with Gasteiger partial charge in [0.05, 0.1) is 45.0 Å². The molecule has 0 aliphatic carbocycles. The first kappa shape index (κ1) is 115. The van der Waals surface area contributed by atoms with Crippen LogP contribution in [-0.2, 0) is 28.8 Å². The maximum absolute atomic E-state index is 12.0. The molecule has 0 aliphatic heterocycles. The van der Waals surface area contributed by atoms with E-state index < -0.39 is 72.3 Å². The number of ether oxygens (including phenoxy) is 4. The van der Waals surface area contributed by atoms with Crippen molar-refractivity contribution >= 4 is 119 Å². The Labute approximate surface area is 787 Å². The molecule has 0 heterocycles. The van der Waals surface area contributed by atoms with E-state index in [4.69, 9.17) is 98.3 Å². The van der Waals surface area contributed by atoms with Crippen LogP contribution in [0.2, 0.25) is 0 Å². The zero-order chi connectivity index (χ0) is 102. The molecule has 0 saturated carbocycles. The van der Waals surface area contributed by atoms with E-state index in [0.29, 0.717) is 45.8 Å². The number of carbonyl (C=O) groups excluding carboxylic acids is 8. The molecular formula is C106H100N4O26. The van der Waals surface area contributed by atoms with E-state index in [0.717, 1.165) is 82.0 Å². The number of aromatic carboxylic acids is 4. The van der Waals surface area contributed by atoms with Gasteiger partial charge >= 0.3 is 35.8 Å². The molecule has 0 aliphatic rings. The molecule has 0 radical (unpaired) electrons. The van der Waals surface area contributed by atoms with E-state index in [-0.39, 0.29) is 82.9 Å². The third-order valence-corrected chi connectivity index (χ3v) is 16.6. The van der Waals surface area contributed by atoms with Gasteiger partial charge in [-0.15, -0.1) is 50.4 Å². The Morgan fingerprint density at radius 1 is 0.301 bits per heavy atom. The highest BCUT2D eigenvalue weighted by Gasteiger charge is 2.17. The average molecular weight is 1850 g/mol. The van der Waals surface area contributed by atoms with Gasteiger partial charge in [-0.1, -0.05) is 129 Å². The number of carboxylic acid groups (broad SMARTS) is 6. The van der Waals surface area contributed by atoms with Crippen LogP contribution in [0.1, 0.15) is 167 Å². The lowest BCUT2D eigenvalue weighted by atomic mass is 10.1. The number of terminal acetylenes is 6. The highest BCUT2D eigenvalue weighted by atomic mass is 16.5. The smallest absolute Gasteiger partial charge is 0.337 e. The molecule has 30 nitrogen and oxygen atoms in total. The second kappa shape index (κ2) is 65.7. The Balaban J connectivity index is 0.000000782. The maximum atomic E-state index is 12.0. The van der Waals surface area contributed by atoms with E-state index in [9.17, 15) is 67.1 Å². The molecule has 0 unspecified atom stereocenters. The molecule has 12 N–H and O–H groups in total. The number of amides is 4. The molecule has 0 atom stereocenters. The molecule has 10 aromatic rings. The number of para-hydroxylation sites is 4. The Morgan fingerprint density at radius 3 is 0.875 bits per heavy atom. The van der Waals surface area contributed by atoms with Crippen LogP contribution in [-0.4, -0.2) is 152 Å². The van der Waals surface area contributed by atoms with Crippen LogP contribution in [0.15, 0.2) is 218 Å². The third kappa shape index (κ3) is 46.8. The highest BCUT2D eigenvalue weighted by Crippen LogP contribution is 2.26. The largest absolute Gasteiger partial charge is 0.508 e. The standard InChI is InChI=1S/2C20H17NO4.2C11H10O2.2C10H9NO5.2C8H8O2.2C4H6/c1-3-12-25-18-10-8-15(13-14(18)2)9-11-19(22)21-17-7-5-4-6-16(17)20(23)24;1-3-12-25-18-13-15(9-8-14(18)2)10-11-19(22)21-17-7-5-4-6-16(17)20(23)24;1-3-6-13-11-5-4-10(8-12)7-9(11)2;1-3-6-13-11-7-10(8-12)5-4-9(11)2;2*12-8(5-9(13)14)11-7-4-2-1-3-6(7)10(15)16;1-6-4-7(5-9)2-3-8(6)10;1-6-2-3-7(5-9)4-8(6)10;2*1-3-4-2/h2*1,4-11,13H,12H2,2H3,(H,21,22)(H,23,24);2*1,4-5,7-8H,6H2,2H3;2*1-4H,5H2,(H,11,12)(H,13,14)(H,15,16);2*2-5,10H,1H3;2*1H,4H2,2H3/b11-9+;11-10+;;;;;;;;. The van der Waals surface area contributed by atoms with E-state index in [1.165, 1.54) is 84.9 Å². The second-order valence-electron chi connectivity index (χ2n) is 27.0. The number of aryl methyl sites for hydroxylation is 6. The SMILES string of the molecule is C#CCC.C#CCC.C#CCOc1cc(/C=C/C(=O)Nc2ccccc2C(=O)O)ccc1C.C#CCOc1cc(C=O)ccc1C.C#CCOc1ccc(/C=C/C(=O)Nc2ccccc2C(=O)O)cc1C.C#CCOc1ccc(C=O)cc1C.Cc1cc(C=O)ccc1O.Cc1ccc(C=O)cc1O.O=C(O)CC(=O)Nc1ccccc1C(=O)O.O=C(O)CC(=O)Nc1ccccc1C(=O)O. The number of aliphatic carboxylic acids is 2. The number of phenolic OH excluding ortho intramolecular Hbond substituents is 2. The van der Waals surface area contributed by atoms with Crippen LogP contribution >= 0.6 is 0 Å². The number of phenols is 2. The van der Waals surface area contributed by atoms with Gasteiger partial charge in [-0.3, -0.25) is 47.9 Å². The molecule has 0 aromatic heterocycles. The van der Waals surface area contributed by atoms with Gasteiger partial charge in [0.25, 0.3) is 0 Å². The summed E-state index contributed by atoms with van der Waals surface area (Å²) in [4.78, 5) is 152. The van der Waals surface area contributed by atoms with Crippen molar-refractivity contribution in [2.75, 3.05) is 47.7 Å². The number of rotatable bonds is 28. The quantitative estimate of drug-likeness (QED) is 0.00938. The third-order valence-electron chi connectivity index (χ3n) is 16.6. The minimum atomic E-state index is -1.27. The van der Waals surface area contributed by atoms with Crippen LogP contribution in [0.3, 0.4) is 0 Å². The first-order chi connectivity index (χ1) is 64.9. The van der Waals surface area contributed by atoms with Crippen molar-refractivity contribution in [3.05, 3.63) is 307 Å². The van der Waals surface area contributed by atoms with Gasteiger partial charge in [-0.05, 0) is 213 Å². The number of benzene rings is 10. The van der Waals surface area contributed by atoms with Gasteiger partial charge < -0.3 is 81.1 Å². The van der Waals surface area contributed by atoms with Gasteiger partial charge in [0.1, 0.15) is 98.9 Å². The summed E-state index contributed by atoms with van der Waals surface area (Å²) in [6.45, 7) is 15.8. The summed E-state index contributed by atoms with van der Waals surface area (Å²) in [6.07, 6.45) is 39.3. The van der Waals surface area contributed by atoms with Crippen molar-refractivity contribution in [3.8, 4) is 109 Å². The van der Waals surface area contributed by atoms with E-state index in [1.807, 2.05) is 65.8 Å². The number of carbonyl (C=O) groups is 14. The first-order valence-electron chi connectivity index (χ1n) is 40.1. The summed E-state index contributed by atoms with van der Waals surface area (Å²) in [5.74, 6) is 8.05. The second-order valence-corrected chi connectivity index (χ2v) is 27.0. The Morgan fingerprint density at radius 2 is 0.566 bits per heavy atom. The molecule has 0 spiro atoms. The van der Waals surface area contributed by atoms with Crippen LogP contribution in [0.4, 0.5) is 22.7 Å². The van der Waals surface area contributed by atoms with Gasteiger partial charge in [0.2, 0.25) is 23.6 Å². The molecule has 10 aromatic carbocycles. The average Bonchev–Trinajstić information content (AvgIpc) is 0.861. The van der Waals surface area contributed by atoms with E-state index in [1.54, 1.807) is 135 Å².